The number of aromatic nitrogens is 2. The Labute approximate surface area is 312 Å². The van der Waals surface area contributed by atoms with E-state index >= 15 is 0 Å². The monoisotopic (exact) mass is 694 g/mol. The molecular weight excluding hydrogens is 649 g/mol. The highest BCUT2D eigenvalue weighted by Crippen LogP contribution is 2.49. The highest BCUT2D eigenvalue weighted by atomic mass is 16.5. The number of benzene rings is 5. The van der Waals surface area contributed by atoms with Crippen LogP contribution in [0.5, 0.6) is 11.5 Å². The number of hydrogen-bond acceptors (Lipinski definition) is 4. The van der Waals surface area contributed by atoms with Crippen molar-refractivity contribution in [1.82, 2.24) is 14.5 Å². The first-order chi connectivity index (χ1) is 25.4. The van der Waals surface area contributed by atoms with Crippen LogP contribution in [0, 0.1) is 6.92 Å². The van der Waals surface area contributed by atoms with Crippen LogP contribution < -0.4 is 4.74 Å². The van der Waals surface area contributed by atoms with E-state index in [2.05, 4.69) is 173 Å². The molecule has 0 N–H and O–H groups in total. The first kappa shape index (κ1) is 33.2. The lowest BCUT2D eigenvalue weighted by molar-refractivity contribution is 0.341. The topological polar surface area (TPSA) is 42.6 Å². The van der Waals surface area contributed by atoms with Gasteiger partial charge >= 0.3 is 0 Å². The van der Waals surface area contributed by atoms with Gasteiger partial charge in [-0.3, -0.25) is 9.56 Å². The molecule has 7 aromatic rings. The van der Waals surface area contributed by atoms with Crippen LogP contribution in [0.25, 0.3) is 27.6 Å². The average molecular weight is 695 g/mol. The van der Waals surface area contributed by atoms with Crippen molar-refractivity contribution < 1.29 is 4.74 Å². The number of nitrogens with zero attached hydrogens (tertiary/aromatic N) is 4. The molecule has 0 fully saturated rings. The molecule has 5 heteroatoms. The number of pyridine rings is 1. The number of amidine groups is 1. The zero-order valence-corrected chi connectivity index (χ0v) is 31.7. The Bertz CT molecular complexity index is 2570. The van der Waals surface area contributed by atoms with Gasteiger partial charge in [-0.05, 0) is 106 Å². The van der Waals surface area contributed by atoms with Crippen molar-refractivity contribution in [2.24, 2.45) is 4.99 Å². The maximum absolute atomic E-state index is 6.90. The molecule has 53 heavy (non-hydrogen) atoms. The number of hydrogen-bond donors (Lipinski definition) is 0. The Kier molecular flexibility index (Phi) is 7.63. The third kappa shape index (κ3) is 5.79. The van der Waals surface area contributed by atoms with Crippen molar-refractivity contribution >= 4 is 27.8 Å². The summed E-state index contributed by atoms with van der Waals surface area (Å²) in [7, 11) is 0. The van der Waals surface area contributed by atoms with Crippen molar-refractivity contribution in [1.29, 1.82) is 0 Å². The summed E-state index contributed by atoms with van der Waals surface area (Å²) in [5.41, 5.74) is 11.7. The van der Waals surface area contributed by atoms with Crippen LogP contribution in [0.2, 0.25) is 0 Å². The van der Waals surface area contributed by atoms with Crippen LogP contribution in [-0.4, -0.2) is 20.3 Å². The number of rotatable bonds is 5. The van der Waals surface area contributed by atoms with Gasteiger partial charge in [-0.1, -0.05) is 102 Å². The number of fused-ring (bicyclic) bond motifs is 6. The molecule has 0 unspecified atom stereocenters. The summed E-state index contributed by atoms with van der Waals surface area (Å²) >= 11 is 0. The van der Waals surface area contributed by atoms with Crippen LogP contribution in [0.1, 0.15) is 92.6 Å². The van der Waals surface area contributed by atoms with E-state index < -0.39 is 0 Å². The summed E-state index contributed by atoms with van der Waals surface area (Å²) in [5, 5.41) is 2.36. The summed E-state index contributed by atoms with van der Waals surface area (Å²) in [6.07, 6.45) is 1.88. The summed E-state index contributed by atoms with van der Waals surface area (Å²) in [6.45, 7) is 16.5. The second kappa shape index (κ2) is 12.2. The summed E-state index contributed by atoms with van der Waals surface area (Å²) in [4.78, 5) is 12.9. The van der Waals surface area contributed by atoms with Gasteiger partial charge in [-0.25, -0.2) is 4.98 Å². The Morgan fingerprint density at radius 1 is 0.679 bits per heavy atom. The fraction of sp³-hybridized carbons (Fsp3) is 0.250. The fourth-order valence-corrected chi connectivity index (χ4v) is 8.23. The van der Waals surface area contributed by atoms with Crippen LogP contribution >= 0.6 is 0 Å². The molecule has 0 aliphatic carbocycles. The summed E-state index contributed by atoms with van der Waals surface area (Å²) in [6, 6.07) is 44.0. The lowest BCUT2D eigenvalue weighted by Gasteiger charge is -2.26. The molecule has 2 aromatic heterocycles. The van der Waals surface area contributed by atoms with Crippen molar-refractivity contribution in [3.8, 4) is 17.2 Å². The fourth-order valence-electron chi connectivity index (χ4n) is 8.23. The molecule has 9 rings (SSSR count). The Morgan fingerprint density at radius 2 is 1.43 bits per heavy atom. The standard InChI is InChI=1S/C48H46N4O/c1-30-22-36(52-42-20-19-34(47(2,3)4)27-41(42)40-18-13-21-49-46(40)52)28-37(23-30)53-38-25-33(24-35(26-38)48(5,6)7)45-50-43(31-14-9-8-10-15-31)44-39-17-12-11-16-32(39)29-51(44)45/h8-28,43-44H,29H2,1-7H3/t43-,44+/m1/s1. The maximum atomic E-state index is 6.90. The normalized spacial score (nSPS) is 17.0. The van der Waals surface area contributed by atoms with E-state index in [0.717, 1.165) is 57.2 Å². The van der Waals surface area contributed by atoms with E-state index in [4.69, 9.17) is 14.7 Å². The molecule has 2 aliphatic rings. The van der Waals surface area contributed by atoms with E-state index in [1.54, 1.807) is 0 Å². The van der Waals surface area contributed by atoms with Crippen molar-refractivity contribution in [3.63, 3.8) is 0 Å². The van der Waals surface area contributed by atoms with Gasteiger partial charge in [-0.2, -0.15) is 0 Å². The van der Waals surface area contributed by atoms with Gasteiger partial charge < -0.3 is 9.64 Å². The summed E-state index contributed by atoms with van der Waals surface area (Å²) in [5.74, 6) is 2.61. The molecular formula is C48H46N4O. The lowest BCUT2D eigenvalue weighted by atomic mass is 9.86. The van der Waals surface area contributed by atoms with Crippen LogP contribution in [0.4, 0.5) is 0 Å². The van der Waals surface area contributed by atoms with Gasteiger partial charge in [0.05, 0.1) is 17.2 Å². The van der Waals surface area contributed by atoms with Crippen molar-refractivity contribution in [3.05, 3.63) is 166 Å². The molecule has 0 spiro atoms. The Morgan fingerprint density at radius 3 is 2.23 bits per heavy atom. The minimum atomic E-state index is -0.0994. The summed E-state index contributed by atoms with van der Waals surface area (Å²) < 4.78 is 9.17. The van der Waals surface area contributed by atoms with E-state index in [1.165, 1.54) is 33.2 Å². The zero-order chi connectivity index (χ0) is 36.6. The van der Waals surface area contributed by atoms with E-state index in [0.29, 0.717) is 0 Å². The molecule has 2 aliphatic heterocycles. The molecule has 5 aromatic carbocycles. The van der Waals surface area contributed by atoms with E-state index in [1.807, 2.05) is 12.3 Å². The van der Waals surface area contributed by atoms with Crippen LogP contribution in [0.15, 0.2) is 133 Å². The molecule has 0 amide bonds. The van der Waals surface area contributed by atoms with Crippen LogP contribution in [0.3, 0.4) is 0 Å². The molecule has 4 heterocycles. The van der Waals surface area contributed by atoms with Crippen molar-refractivity contribution in [2.75, 3.05) is 0 Å². The highest BCUT2D eigenvalue weighted by molar-refractivity contribution is 6.08. The van der Waals surface area contributed by atoms with Gasteiger partial charge in [0.1, 0.15) is 29.0 Å². The third-order valence-electron chi connectivity index (χ3n) is 11.0. The average Bonchev–Trinajstić information content (AvgIpc) is 3.80. The SMILES string of the molecule is Cc1cc(Oc2cc(C3=N[C@H](c4ccccc4)[C@@H]4c5ccccc5CN34)cc(C(C)(C)C)c2)cc(-n2c3ccc(C(C)(C)C)cc3c3cccnc32)c1. The number of aliphatic imine (C=N–C) groups is 1. The van der Waals surface area contributed by atoms with Gasteiger partial charge in [0, 0.05) is 35.1 Å². The molecule has 264 valence electrons. The molecule has 5 nitrogen and oxygen atoms in total. The van der Waals surface area contributed by atoms with Gasteiger partial charge in [-0.15, -0.1) is 0 Å². The Hall–Kier alpha value is -5.68. The van der Waals surface area contributed by atoms with Gasteiger partial charge in [0.15, 0.2) is 0 Å². The molecule has 0 saturated carbocycles. The minimum Gasteiger partial charge on any atom is -0.457 e. The molecule has 0 bridgehead atoms. The minimum absolute atomic E-state index is 0.0103. The Balaban J connectivity index is 1.14. The lowest BCUT2D eigenvalue weighted by Crippen LogP contribution is -2.26. The second-order valence-corrected chi connectivity index (χ2v) is 16.9. The molecule has 2 atom stereocenters. The van der Waals surface area contributed by atoms with Gasteiger partial charge in [0.2, 0.25) is 0 Å². The predicted molar refractivity (Wildman–Crippen MR) is 218 cm³/mol. The van der Waals surface area contributed by atoms with E-state index in [9.17, 15) is 0 Å². The van der Waals surface area contributed by atoms with Gasteiger partial charge in [0.25, 0.3) is 0 Å². The largest absolute Gasteiger partial charge is 0.457 e. The maximum Gasteiger partial charge on any atom is 0.145 e. The zero-order valence-electron chi connectivity index (χ0n) is 31.7. The number of ether oxygens (including phenoxy) is 1. The third-order valence-corrected chi connectivity index (χ3v) is 11.0. The highest BCUT2D eigenvalue weighted by Gasteiger charge is 2.43. The van der Waals surface area contributed by atoms with Crippen LogP contribution in [-0.2, 0) is 17.4 Å². The smallest absolute Gasteiger partial charge is 0.145 e. The first-order valence-electron chi connectivity index (χ1n) is 18.8. The predicted octanol–water partition coefficient (Wildman–Crippen LogP) is 11.9. The van der Waals surface area contributed by atoms with Crippen molar-refractivity contribution in [2.45, 2.75) is 77.9 Å². The first-order valence-corrected chi connectivity index (χ1v) is 18.8. The molecule has 0 radical (unpaired) electrons. The van der Waals surface area contributed by atoms with E-state index in [-0.39, 0.29) is 22.9 Å². The number of aryl methyl sites for hydroxylation is 1. The quantitative estimate of drug-likeness (QED) is 0.180. The molecule has 0 saturated heterocycles. The second-order valence-electron chi connectivity index (χ2n) is 16.9.